The zero-order valence-electron chi connectivity index (χ0n) is 13.6. The van der Waals surface area contributed by atoms with Crippen LogP contribution in [0.25, 0.3) is 11.5 Å². The predicted octanol–water partition coefficient (Wildman–Crippen LogP) is 4.02. The van der Waals surface area contributed by atoms with Crippen molar-refractivity contribution < 1.29 is 14.6 Å². The first-order valence-electron chi connectivity index (χ1n) is 8.01. The number of oxazole rings is 1. The van der Waals surface area contributed by atoms with E-state index in [1.54, 1.807) is 12.3 Å². The van der Waals surface area contributed by atoms with Gasteiger partial charge >= 0.3 is 0 Å². The number of phenols is 2. The van der Waals surface area contributed by atoms with E-state index in [0.29, 0.717) is 11.5 Å². The molecule has 2 heterocycles. The summed E-state index contributed by atoms with van der Waals surface area (Å²) in [7, 11) is 0. The highest BCUT2D eigenvalue weighted by atomic mass is 16.3. The fourth-order valence-electron chi connectivity index (χ4n) is 2.59. The number of aryl methyl sites for hydroxylation is 3. The summed E-state index contributed by atoms with van der Waals surface area (Å²) in [6.45, 7) is 2.08. The van der Waals surface area contributed by atoms with Crippen LogP contribution in [0.15, 0.2) is 47.2 Å². The summed E-state index contributed by atoms with van der Waals surface area (Å²) >= 11 is 0. The van der Waals surface area contributed by atoms with Gasteiger partial charge in [0.05, 0.1) is 5.69 Å². The Morgan fingerprint density at radius 2 is 1.88 bits per heavy atom. The summed E-state index contributed by atoms with van der Waals surface area (Å²) < 4.78 is 5.46. The Hall–Kier alpha value is -2.82. The van der Waals surface area contributed by atoms with E-state index in [9.17, 15) is 10.2 Å². The van der Waals surface area contributed by atoms with Crippen molar-refractivity contribution in [1.29, 1.82) is 0 Å². The van der Waals surface area contributed by atoms with Gasteiger partial charge < -0.3 is 14.6 Å². The number of unbranched alkanes of at least 4 members (excludes halogenated alkanes) is 1. The minimum Gasteiger partial charge on any atom is -0.504 e. The van der Waals surface area contributed by atoms with Crippen LogP contribution in [0.4, 0.5) is 0 Å². The molecule has 0 saturated heterocycles. The molecule has 1 aromatic carbocycles. The summed E-state index contributed by atoms with van der Waals surface area (Å²) in [5, 5.41) is 18.9. The van der Waals surface area contributed by atoms with Crippen molar-refractivity contribution in [3.8, 4) is 23.0 Å². The third-order valence-electron chi connectivity index (χ3n) is 3.99. The molecular weight excluding hydrogens is 304 g/mol. The smallest absolute Gasteiger partial charge is 0.226 e. The number of benzene rings is 1. The highest BCUT2D eigenvalue weighted by Gasteiger charge is 2.09. The average molecular weight is 324 g/mol. The molecule has 124 valence electrons. The highest BCUT2D eigenvalue weighted by molar-refractivity contribution is 5.59. The van der Waals surface area contributed by atoms with Crippen LogP contribution < -0.4 is 0 Å². The van der Waals surface area contributed by atoms with Crippen molar-refractivity contribution in [2.75, 3.05) is 0 Å². The molecule has 0 spiro atoms. The van der Waals surface area contributed by atoms with E-state index < -0.39 is 0 Å². The van der Waals surface area contributed by atoms with Crippen LogP contribution in [0.3, 0.4) is 0 Å². The van der Waals surface area contributed by atoms with Gasteiger partial charge in [0, 0.05) is 17.5 Å². The topological polar surface area (TPSA) is 79.4 Å². The molecule has 0 saturated carbocycles. The van der Waals surface area contributed by atoms with Gasteiger partial charge in [-0.15, -0.1) is 0 Å². The lowest BCUT2D eigenvalue weighted by Gasteiger charge is -2.03. The van der Waals surface area contributed by atoms with Crippen LogP contribution in [0, 0.1) is 6.92 Å². The zero-order chi connectivity index (χ0) is 16.9. The van der Waals surface area contributed by atoms with Crippen LogP contribution >= 0.6 is 0 Å². The van der Waals surface area contributed by atoms with Crippen LogP contribution in [-0.4, -0.2) is 20.2 Å². The van der Waals surface area contributed by atoms with Crippen molar-refractivity contribution in [3.63, 3.8) is 0 Å². The van der Waals surface area contributed by atoms with E-state index in [2.05, 4.69) is 23.0 Å². The predicted molar refractivity (Wildman–Crippen MR) is 90.9 cm³/mol. The molecule has 5 nitrogen and oxygen atoms in total. The number of aromatic hydroxyl groups is 2. The molecule has 5 heteroatoms. The quantitative estimate of drug-likeness (QED) is 0.529. The second-order valence-corrected chi connectivity index (χ2v) is 5.82. The van der Waals surface area contributed by atoms with E-state index >= 15 is 0 Å². The second-order valence-electron chi connectivity index (χ2n) is 5.82. The van der Waals surface area contributed by atoms with Crippen LogP contribution in [-0.2, 0) is 12.8 Å². The molecule has 3 aromatic rings. The van der Waals surface area contributed by atoms with Crippen LogP contribution in [0.5, 0.6) is 11.5 Å². The van der Waals surface area contributed by atoms with Gasteiger partial charge in [0.15, 0.2) is 11.5 Å². The number of aromatic nitrogens is 2. The van der Waals surface area contributed by atoms with Crippen molar-refractivity contribution in [2.45, 2.75) is 32.6 Å². The first-order chi connectivity index (χ1) is 11.6. The normalized spacial score (nSPS) is 10.9. The maximum absolute atomic E-state index is 9.55. The lowest BCUT2D eigenvalue weighted by Crippen LogP contribution is -1.95. The molecule has 0 aliphatic rings. The minimum atomic E-state index is -0.182. The van der Waals surface area contributed by atoms with Gasteiger partial charge in [0.25, 0.3) is 0 Å². The van der Waals surface area contributed by atoms with Gasteiger partial charge in [0.1, 0.15) is 6.26 Å². The van der Waals surface area contributed by atoms with E-state index in [1.165, 1.54) is 17.7 Å². The summed E-state index contributed by atoms with van der Waals surface area (Å²) in [4.78, 5) is 8.84. The Morgan fingerprint density at radius 3 is 2.67 bits per heavy atom. The maximum Gasteiger partial charge on any atom is 0.226 e. The first kappa shape index (κ1) is 16.1. The molecule has 24 heavy (non-hydrogen) atoms. The second kappa shape index (κ2) is 7.17. The summed E-state index contributed by atoms with van der Waals surface area (Å²) in [6.07, 6.45) is 7.32. The molecule has 2 aromatic heterocycles. The third kappa shape index (κ3) is 3.74. The highest BCUT2D eigenvalue weighted by Crippen LogP contribution is 2.30. The molecule has 0 radical (unpaired) electrons. The number of nitrogens with zero attached hydrogens (tertiary/aromatic N) is 2. The number of phenolic OH excluding ortho intramolecular Hbond substituents is 2. The number of hydrogen-bond acceptors (Lipinski definition) is 5. The Morgan fingerprint density at radius 1 is 1.04 bits per heavy atom. The molecule has 3 rings (SSSR count). The Bertz CT molecular complexity index is 827. The molecule has 0 unspecified atom stereocenters. The SMILES string of the molecule is Cc1cccnc1CCCCc1coc(-c2ccc(O)c(O)c2)n1. The lowest BCUT2D eigenvalue weighted by atomic mass is 10.1. The van der Waals surface area contributed by atoms with Gasteiger partial charge in [0.2, 0.25) is 5.89 Å². The molecule has 0 amide bonds. The van der Waals surface area contributed by atoms with E-state index in [-0.39, 0.29) is 11.5 Å². The largest absolute Gasteiger partial charge is 0.504 e. The van der Waals surface area contributed by atoms with Gasteiger partial charge in [-0.3, -0.25) is 4.98 Å². The van der Waals surface area contributed by atoms with Crippen molar-refractivity contribution >= 4 is 0 Å². The van der Waals surface area contributed by atoms with Crippen molar-refractivity contribution in [1.82, 2.24) is 9.97 Å². The molecule has 0 atom stereocenters. The zero-order valence-corrected chi connectivity index (χ0v) is 13.6. The maximum atomic E-state index is 9.55. The van der Waals surface area contributed by atoms with E-state index in [4.69, 9.17) is 4.42 Å². The first-order valence-corrected chi connectivity index (χ1v) is 8.01. The standard InChI is InChI=1S/C19H20N2O3/c1-13-5-4-10-20-16(13)7-3-2-6-15-12-24-19(21-15)14-8-9-17(22)18(23)11-14/h4-5,8-12,22-23H,2-3,6-7H2,1H3. The minimum absolute atomic E-state index is 0.157. The fourth-order valence-corrected chi connectivity index (χ4v) is 2.59. The number of pyridine rings is 1. The van der Waals surface area contributed by atoms with Gasteiger partial charge in [-0.05, 0) is 62.4 Å². The molecule has 0 fully saturated rings. The number of rotatable bonds is 6. The fraction of sp³-hybridized carbons (Fsp3) is 0.263. The van der Waals surface area contributed by atoms with Crippen LogP contribution in [0.2, 0.25) is 0 Å². The lowest BCUT2D eigenvalue weighted by molar-refractivity contribution is 0.403. The number of hydrogen-bond donors (Lipinski definition) is 2. The Kier molecular flexibility index (Phi) is 4.79. The average Bonchev–Trinajstić information content (AvgIpc) is 3.04. The monoisotopic (exact) mass is 324 g/mol. The Balaban J connectivity index is 1.54. The van der Waals surface area contributed by atoms with Crippen molar-refractivity contribution in [2.24, 2.45) is 0 Å². The van der Waals surface area contributed by atoms with Gasteiger partial charge in [-0.2, -0.15) is 0 Å². The Labute approximate surface area is 140 Å². The molecule has 0 aliphatic heterocycles. The summed E-state index contributed by atoms with van der Waals surface area (Å²) in [6, 6.07) is 8.56. The molecule has 2 N–H and O–H groups in total. The summed E-state index contributed by atoms with van der Waals surface area (Å²) in [5.41, 5.74) is 3.90. The van der Waals surface area contributed by atoms with Crippen molar-refractivity contribution in [3.05, 3.63) is 59.7 Å². The van der Waals surface area contributed by atoms with Gasteiger partial charge in [-0.1, -0.05) is 6.07 Å². The van der Waals surface area contributed by atoms with E-state index in [0.717, 1.165) is 37.1 Å². The third-order valence-corrected chi connectivity index (χ3v) is 3.99. The van der Waals surface area contributed by atoms with Gasteiger partial charge in [-0.25, -0.2) is 4.98 Å². The molecule has 0 bridgehead atoms. The van der Waals surface area contributed by atoms with Crippen LogP contribution in [0.1, 0.15) is 29.8 Å². The summed E-state index contributed by atoms with van der Waals surface area (Å²) in [5.74, 6) is 0.106. The van der Waals surface area contributed by atoms with E-state index in [1.807, 2.05) is 12.3 Å². The molecule has 0 aliphatic carbocycles. The molecular formula is C19H20N2O3.